The zero-order valence-corrected chi connectivity index (χ0v) is 13.9. The Balaban J connectivity index is 2.05. The van der Waals surface area contributed by atoms with Crippen LogP contribution in [-0.4, -0.2) is 33.2 Å². The summed E-state index contributed by atoms with van der Waals surface area (Å²) in [5.74, 6) is -1.59. The van der Waals surface area contributed by atoms with Gasteiger partial charge in [0.1, 0.15) is 5.69 Å². The number of carboxylic acid groups (broad SMARTS) is 1. The number of methoxy groups -OCH3 is 1. The van der Waals surface area contributed by atoms with Gasteiger partial charge in [-0.3, -0.25) is 0 Å². The van der Waals surface area contributed by atoms with Gasteiger partial charge < -0.3 is 9.84 Å². The van der Waals surface area contributed by atoms with Gasteiger partial charge in [0, 0.05) is 10.6 Å². The predicted octanol–water partition coefficient (Wildman–Crippen LogP) is 3.49. The van der Waals surface area contributed by atoms with Gasteiger partial charge in [0.2, 0.25) is 0 Å². The lowest BCUT2D eigenvalue weighted by atomic mass is 10.1. The Hall–Kier alpha value is -2.93. The van der Waals surface area contributed by atoms with Crippen molar-refractivity contribution in [2.75, 3.05) is 7.11 Å². The van der Waals surface area contributed by atoms with Gasteiger partial charge in [0.15, 0.2) is 17.3 Å². The molecule has 0 saturated heterocycles. The number of hydrogen-bond acceptors (Lipinski definition) is 4. The molecule has 0 fully saturated rings. The van der Waals surface area contributed by atoms with E-state index in [4.69, 9.17) is 16.3 Å². The number of halogens is 2. The molecule has 3 aromatic rings. The van der Waals surface area contributed by atoms with Crippen molar-refractivity contribution < 1.29 is 19.0 Å². The average Bonchev–Trinajstić information content (AvgIpc) is 2.99. The summed E-state index contributed by atoms with van der Waals surface area (Å²) in [5, 5.41) is 17.4. The van der Waals surface area contributed by atoms with Crippen LogP contribution in [0.2, 0.25) is 5.02 Å². The molecule has 6 nitrogen and oxygen atoms in total. The van der Waals surface area contributed by atoms with Crippen LogP contribution in [-0.2, 0) is 6.54 Å². The number of hydrogen-bond donors (Lipinski definition) is 1. The van der Waals surface area contributed by atoms with Crippen molar-refractivity contribution in [3.05, 3.63) is 64.6 Å². The molecule has 0 bridgehead atoms. The summed E-state index contributed by atoms with van der Waals surface area (Å²) in [5.41, 5.74) is 1.25. The minimum Gasteiger partial charge on any atom is -0.494 e. The summed E-state index contributed by atoms with van der Waals surface area (Å²) in [6, 6.07) is 11.2. The lowest BCUT2D eigenvalue weighted by Gasteiger charge is -2.09. The van der Waals surface area contributed by atoms with Crippen LogP contribution in [0.15, 0.2) is 42.5 Å². The first-order valence-corrected chi connectivity index (χ1v) is 7.62. The molecule has 0 spiro atoms. The van der Waals surface area contributed by atoms with Crippen LogP contribution in [0.25, 0.3) is 11.3 Å². The third kappa shape index (κ3) is 3.46. The molecule has 8 heteroatoms. The number of rotatable bonds is 5. The molecule has 2 aromatic carbocycles. The van der Waals surface area contributed by atoms with Crippen LogP contribution in [0.1, 0.15) is 16.1 Å². The molecule has 1 N–H and O–H groups in total. The van der Waals surface area contributed by atoms with E-state index in [1.807, 2.05) is 0 Å². The first kappa shape index (κ1) is 16.9. The van der Waals surface area contributed by atoms with Crippen molar-refractivity contribution in [2.24, 2.45) is 0 Å². The second-order valence-electron chi connectivity index (χ2n) is 5.23. The maximum atomic E-state index is 13.9. The number of carbonyl (C=O) groups is 1. The number of aromatic carboxylic acids is 1. The van der Waals surface area contributed by atoms with Gasteiger partial charge in [0.05, 0.1) is 13.7 Å². The number of ether oxygens (including phenoxy) is 1. The van der Waals surface area contributed by atoms with Crippen molar-refractivity contribution in [3.63, 3.8) is 0 Å². The van der Waals surface area contributed by atoms with Crippen LogP contribution >= 0.6 is 11.6 Å². The van der Waals surface area contributed by atoms with E-state index in [-0.39, 0.29) is 18.0 Å². The molecule has 0 aliphatic heterocycles. The summed E-state index contributed by atoms with van der Waals surface area (Å²) in [6.07, 6.45) is 0. The largest absolute Gasteiger partial charge is 0.494 e. The fourth-order valence-corrected chi connectivity index (χ4v) is 2.66. The van der Waals surface area contributed by atoms with Gasteiger partial charge in [0.25, 0.3) is 0 Å². The third-order valence-corrected chi connectivity index (χ3v) is 3.82. The van der Waals surface area contributed by atoms with E-state index in [1.54, 1.807) is 30.3 Å². The third-order valence-electron chi connectivity index (χ3n) is 3.58. The fraction of sp³-hybridized carbons (Fsp3) is 0.118. The minimum absolute atomic E-state index is 0.128. The molecule has 0 unspecified atom stereocenters. The van der Waals surface area contributed by atoms with E-state index in [9.17, 15) is 14.3 Å². The molecule has 0 radical (unpaired) electrons. The summed E-state index contributed by atoms with van der Waals surface area (Å²) in [4.78, 5) is 11.5. The second kappa shape index (κ2) is 6.90. The molecule has 1 heterocycles. The first-order chi connectivity index (χ1) is 12.0. The SMILES string of the molecule is COc1ccc(Cn2nnc(C(=O)O)c2-c2cccc(Cl)c2)cc1F. The monoisotopic (exact) mass is 361 g/mol. The molecule has 0 aliphatic carbocycles. The maximum absolute atomic E-state index is 13.9. The van der Waals surface area contributed by atoms with E-state index in [1.165, 1.54) is 23.9 Å². The number of nitrogens with zero attached hydrogens (tertiary/aromatic N) is 3. The molecule has 0 saturated carbocycles. The van der Waals surface area contributed by atoms with Gasteiger partial charge in [-0.15, -0.1) is 5.10 Å². The van der Waals surface area contributed by atoms with Crippen LogP contribution < -0.4 is 4.74 Å². The van der Waals surface area contributed by atoms with Crippen molar-refractivity contribution in [2.45, 2.75) is 6.54 Å². The van der Waals surface area contributed by atoms with Gasteiger partial charge >= 0.3 is 5.97 Å². The quantitative estimate of drug-likeness (QED) is 0.752. The second-order valence-corrected chi connectivity index (χ2v) is 5.67. The number of aromatic nitrogens is 3. The molecule has 25 heavy (non-hydrogen) atoms. The van der Waals surface area contributed by atoms with Crippen molar-refractivity contribution in [1.29, 1.82) is 0 Å². The van der Waals surface area contributed by atoms with Crippen LogP contribution in [0.4, 0.5) is 4.39 Å². The lowest BCUT2D eigenvalue weighted by molar-refractivity contribution is 0.0691. The highest BCUT2D eigenvalue weighted by atomic mass is 35.5. The molecular weight excluding hydrogens is 349 g/mol. The molecule has 1 aromatic heterocycles. The van der Waals surface area contributed by atoms with E-state index >= 15 is 0 Å². The van der Waals surface area contributed by atoms with Gasteiger partial charge in [-0.1, -0.05) is 35.0 Å². The normalized spacial score (nSPS) is 10.7. The molecule has 0 aliphatic rings. The lowest BCUT2D eigenvalue weighted by Crippen LogP contribution is -2.06. The van der Waals surface area contributed by atoms with Crippen LogP contribution in [0, 0.1) is 5.82 Å². The molecule has 0 amide bonds. The molecule has 0 atom stereocenters. The Morgan fingerprint density at radius 2 is 2.12 bits per heavy atom. The van der Waals surface area contributed by atoms with Crippen molar-refractivity contribution in [1.82, 2.24) is 15.0 Å². The standard InChI is InChI=1S/C17H13ClFN3O3/c1-25-14-6-5-10(7-13(14)19)9-22-16(15(17(23)24)20-21-22)11-3-2-4-12(18)8-11/h2-8H,9H2,1H3,(H,23,24). The summed E-state index contributed by atoms with van der Waals surface area (Å²) < 4.78 is 20.2. The van der Waals surface area contributed by atoms with Crippen molar-refractivity contribution in [3.8, 4) is 17.0 Å². The number of carboxylic acids is 1. The molecule has 3 rings (SSSR count). The Bertz CT molecular complexity index is 943. The number of benzene rings is 2. The van der Waals surface area contributed by atoms with Crippen LogP contribution in [0.5, 0.6) is 5.75 Å². The Morgan fingerprint density at radius 1 is 1.32 bits per heavy atom. The Kier molecular flexibility index (Phi) is 4.67. The van der Waals surface area contributed by atoms with E-state index in [0.29, 0.717) is 21.8 Å². The predicted molar refractivity (Wildman–Crippen MR) is 89.5 cm³/mol. The van der Waals surface area contributed by atoms with E-state index in [0.717, 1.165) is 0 Å². The van der Waals surface area contributed by atoms with Gasteiger partial charge in [-0.2, -0.15) is 0 Å². The maximum Gasteiger partial charge on any atom is 0.358 e. The Labute approximate surface area is 147 Å². The topological polar surface area (TPSA) is 77.2 Å². The van der Waals surface area contributed by atoms with Crippen LogP contribution in [0.3, 0.4) is 0 Å². The highest BCUT2D eigenvalue weighted by Crippen LogP contribution is 2.26. The fourth-order valence-electron chi connectivity index (χ4n) is 2.47. The molecular formula is C17H13ClFN3O3. The van der Waals surface area contributed by atoms with Gasteiger partial charge in [-0.25, -0.2) is 13.9 Å². The summed E-state index contributed by atoms with van der Waals surface area (Å²) in [7, 11) is 1.38. The van der Waals surface area contributed by atoms with Gasteiger partial charge in [-0.05, 0) is 29.8 Å². The molecule has 128 valence electrons. The highest BCUT2D eigenvalue weighted by Gasteiger charge is 2.21. The summed E-state index contributed by atoms with van der Waals surface area (Å²) in [6.45, 7) is 0.142. The van der Waals surface area contributed by atoms with Crippen molar-refractivity contribution >= 4 is 17.6 Å². The summed E-state index contributed by atoms with van der Waals surface area (Å²) >= 11 is 6.00. The first-order valence-electron chi connectivity index (χ1n) is 7.24. The van der Waals surface area contributed by atoms with E-state index < -0.39 is 11.8 Å². The Morgan fingerprint density at radius 3 is 2.76 bits per heavy atom. The highest BCUT2D eigenvalue weighted by molar-refractivity contribution is 6.30. The minimum atomic E-state index is -1.21. The average molecular weight is 362 g/mol. The zero-order valence-electron chi connectivity index (χ0n) is 13.1. The zero-order chi connectivity index (χ0) is 18.0. The smallest absolute Gasteiger partial charge is 0.358 e. The van der Waals surface area contributed by atoms with E-state index in [2.05, 4.69) is 10.3 Å².